The summed E-state index contributed by atoms with van der Waals surface area (Å²) in [6.07, 6.45) is 5.65. The van der Waals surface area contributed by atoms with Crippen LogP contribution in [0.3, 0.4) is 0 Å². The highest BCUT2D eigenvalue weighted by Crippen LogP contribution is 2.49. The lowest BCUT2D eigenvalue weighted by molar-refractivity contribution is 0.0782. The summed E-state index contributed by atoms with van der Waals surface area (Å²) in [5, 5.41) is 0. The first kappa shape index (κ1) is 9.51. The second-order valence-electron chi connectivity index (χ2n) is 6.18. The zero-order valence-corrected chi connectivity index (χ0v) is 9.56. The molecule has 0 spiro atoms. The van der Waals surface area contributed by atoms with Gasteiger partial charge in [-0.3, -0.25) is 4.90 Å². The number of nitrogens with zero attached hydrogens (tertiary/aromatic N) is 1. The molecule has 0 amide bonds. The molecular formula is C12H23N. The highest BCUT2D eigenvalue weighted by Gasteiger charge is 2.50. The van der Waals surface area contributed by atoms with E-state index >= 15 is 0 Å². The van der Waals surface area contributed by atoms with Gasteiger partial charge in [0.15, 0.2) is 0 Å². The van der Waals surface area contributed by atoms with Crippen LogP contribution in [0, 0.1) is 5.41 Å². The van der Waals surface area contributed by atoms with Crippen LogP contribution < -0.4 is 0 Å². The van der Waals surface area contributed by atoms with Crippen molar-refractivity contribution in [3.63, 3.8) is 0 Å². The molecule has 2 saturated heterocycles. The summed E-state index contributed by atoms with van der Waals surface area (Å²) >= 11 is 0. The lowest BCUT2D eigenvalue weighted by atomic mass is 9.79. The Morgan fingerprint density at radius 1 is 1.08 bits per heavy atom. The van der Waals surface area contributed by atoms with Crippen LogP contribution in [0.1, 0.15) is 53.4 Å². The SMILES string of the molecule is CC1(C)CC(C)(C)N2CCCCC21. The van der Waals surface area contributed by atoms with Gasteiger partial charge >= 0.3 is 0 Å². The van der Waals surface area contributed by atoms with E-state index in [1.54, 1.807) is 0 Å². The average Bonchev–Trinajstić information content (AvgIpc) is 2.20. The van der Waals surface area contributed by atoms with E-state index in [1.807, 2.05) is 0 Å². The van der Waals surface area contributed by atoms with Crippen molar-refractivity contribution in [3.05, 3.63) is 0 Å². The minimum atomic E-state index is 0.453. The van der Waals surface area contributed by atoms with Crippen LogP contribution in [0.15, 0.2) is 0 Å². The third-order valence-corrected chi connectivity index (χ3v) is 4.07. The zero-order chi connectivity index (χ0) is 9.69. The van der Waals surface area contributed by atoms with Crippen LogP contribution in [0.4, 0.5) is 0 Å². The molecule has 1 atom stereocenters. The summed E-state index contributed by atoms with van der Waals surface area (Å²) < 4.78 is 0. The molecule has 1 nitrogen and oxygen atoms in total. The molecule has 0 saturated carbocycles. The quantitative estimate of drug-likeness (QED) is 0.555. The maximum Gasteiger partial charge on any atom is 0.0162 e. The third-order valence-electron chi connectivity index (χ3n) is 4.07. The fourth-order valence-electron chi connectivity index (χ4n) is 3.80. The van der Waals surface area contributed by atoms with E-state index in [0.717, 1.165) is 6.04 Å². The molecule has 0 aromatic rings. The smallest absolute Gasteiger partial charge is 0.0162 e. The lowest BCUT2D eigenvalue weighted by Gasteiger charge is -2.40. The molecule has 0 aliphatic carbocycles. The summed E-state index contributed by atoms with van der Waals surface area (Å²) in [5.41, 5.74) is 0.999. The van der Waals surface area contributed by atoms with E-state index in [1.165, 1.54) is 32.2 Å². The van der Waals surface area contributed by atoms with Gasteiger partial charge in [-0.2, -0.15) is 0 Å². The highest BCUT2D eigenvalue weighted by atomic mass is 15.3. The maximum atomic E-state index is 2.76. The van der Waals surface area contributed by atoms with Crippen LogP contribution in [0.2, 0.25) is 0 Å². The molecule has 2 aliphatic heterocycles. The van der Waals surface area contributed by atoms with Crippen molar-refractivity contribution in [2.45, 2.75) is 65.0 Å². The Bertz CT molecular complexity index is 183. The van der Waals surface area contributed by atoms with Gasteiger partial charge in [-0.25, -0.2) is 0 Å². The summed E-state index contributed by atoms with van der Waals surface area (Å²) in [4.78, 5) is 2.76. The lowest BCUT2D eigenvalue weighted by Crippen LogP contribution is -2.47. The maximum absolute atomic E-state index is 2.76. The fraction of sp³-hybridized carbons (Fsp3) is 1.00. The van der Waals surface area contributed by atoms with Crippen LogP contribution in [-0.2, 0) is 0 Å². The van der Waals surface area contributed by atoms with Gasteiger partial charge in [-0.1, -0.05) is 20.3 Å². The van der Waals surface area contributed by atoms with Crippen molar-refractivity contribution in [2.75, 3.05) is 6.54 Å². The Morgan fingerprint density at radius 2 is 1.77 bits per heavy atom. The first-order chi connectivity index (χ1) is 5.93. The summed E-state index contributed by atoms with van der Waals surface area (Å²) in [6.45, 7) is 11.1. The molecule has 0 aromatic heterocycles. The number of fused-ring (bicyclic) bond motifs is 1. The zero-order valence-electron chi connectivity index (χ0n) is 9.56. The molecule has 2 heterocycles. The largest absolute Gasteiger partial charge is 0.295 e. The fourth-order valence-corrected chi connectivity index (χ4v) is 3.80. The minimum absolute atomic E-state index is 0.453. The number of hydrogen-bond acceptors (Lipinski definition) is 1. The third kappa shape index (κ3) is 1.41. The number of piperidine rings is 1. The van der Waals surface area contributed by atoms with E-state index in [2.05, 4.69) is 32.6 Å². The molecule has 2 aliphatic rings. The average molecular weight is 181 g/mol. The van der Waals surface area contributed by atoms with Gasteiger partial charge < -0.3 is 0 Å². The topological polar surface area (TPSA) is 3.24 Å². The predicted molar refractivity (Wildman–Crippen MR) is 56.8 cm³/mol. The predicted octanol–water partition coefficient (Wildman–Crippen LogP) is 3.05. The summed E-state index contributed by atoms with van der Waals surface area (Å²) in [5.74, 6) is 0. The van der Waals surface area contributed by atoms with Gasteiger partial charge in [0, 0.05) is 11.6 Å². The summed E-state index contributed by atoms with van der Waals surface area (Å²) in [6, 6.07) is 0.858. The second-order valence-corrected chi connectivity index (χ2v) is 6.18. The highest BCUT2D eigenvalue weighted by molar-refractivity contribution is 5.05. The Labute approximate surface area is 82.5 Å². The molecule has 0 radical (unpaired) electrons. The molecule has 0 N–H and O–H groups in total. The molecule has 76 valence electrons. The van der Waals surface area contributed by atoms with Crippen molar-refractivity contribution in [1.82, 2.24) is 4.90 Å². The Kier molecular flexibility index (Phi) is 1.99. The first-order valence-corrected chi connectivity index (χ1v) is 5.70. The van der Waals surface area contributed by atoms with E-state index in [9.17, 15) is 0 Å². The standard InChI is InChI=1S/C12H23N/c1-11(2)9-12(3,4)13-8-6-5-7-10(11)13/h10H,5-9H2,1-4H3. The van der Waals surface area contributed by atoms with Crippen molar-refractivity contribution >= 4 is 0 Å². The Morgan fingerprint density at radius 3 is 2.38 bits per heavy atom. The van der Waals surface area contributed by atoms with E-state index in [-0.39, 0.29) is 0 Å². The number of rotatable bonds is 0. The molecule has 13 heavy (non-hydrogen) atoms. The summed E-state index contributed by atoms with van der Waals surface area (Å²) in [7, 11) is 0. The Hall–Kier alpha value is -0.0400. The van der Waals surface area contributed by atoms with Crippen LogP contribution in [0.5, 0.6) is 0 Å². The molecule has 1 unspecified atom stereocenters. The van der Waals surface area contributed by atoms with Crippen molar-refractivity contribution < 1.29 is 0 Å². The normalized spacial score (nSPS) is 37.4. The van der Waals surface area contributed by atoms with E-state index < -0.39 is 0 Å². The minimum Gasteiger partial charge on any atom is -0.295 e. The van der Waals surface area contributed by atoms with Crippen LogP contribution >= 0.6 is 0 Å². The van der Waals surface area contributed by atoms with Crippen molar-refractivity contribution in [2.24, 2.45) is 5.41 Å². The molecule has 0 bridgehead atoms. The van der Waals surface area contributed by atoms with Gasteiger partial charge in [-0.05, 0) is 45.1 Å². The van der Waals surface area contributed by atoms with Gasteiger partial charge in [-0.15, -0.1) is 0 Å². The number of hydrogen-bond donors (Lipinski definition) is 0. The van der Waals surface area contributed by atoms with Gasteiger partial charge in [0.25, 0.3) is 0 Å². The van der Waals surface area contributed by atoms with Crippen molar-refractivity contribution in [3.8, 4) is 0 Å². The van der Waals surface area contributed by atoms with Gasteiger partial charge in [0.05, 0.1) is 0 Å². The van der Waals surface area contributed by atoms with E-state index in [0.29, 0.717) is 11.0 Å². The molecule has 1 heteroatoms. The monoisotopic (exact) mass is 181 g/mol. The van der Waals surface area contributed by atoms with Crippen LogP contribution in [0.25, 0.3) is 0 Å². The van der Waals surface area contributed by atoms with E-state index in [4.69, 9.17) is 0 Å². The second kappa shape index (κ2) is 2.73. The molecule has 2 fully saturated rings. The van der Waals surface area contributed by atoms with Gasteiger partial charge in [0.1, 0.15) is 0 Å². The Balaban J connectivity index is 2.25. The van der Waals surface area contributed by atoms with Crippen molar-refractivity contribution in [1.29, 1.82) is 0 Å². The molecule has 2 rings (SSSR count). The van der Waals surface area contributed by atoms with Crippen LogP contribution in [-0.4, -0.2) is 23.0 Å². The molecular weight excluding hydrogens is 158 g/mol. The molecule has 0 aromatic carbocycles. The first-order valence-electron chi connectivity index (χ1n) is 5.70. The van der Waals surface area contributed by atoms with Gasteiger partial charge in [0.2, 0.25) is 0 Å².